The standard InChI is InChI=1S/C35H27F4N3O6S2/c1-47-23-12-15(6-11-22(23)48-14-24(43)40-17-9-7-16(36)8-10-17)25-26-18-13-19(29(26)49-31-30(25)50-34(46)41-31)28-27(18)32(44)42(33(28)45)21-5-3-2-4-20(21)35(37,38)39/h2-12,18-19,25-29H,13-14H2,1H3,(H,40,43)(H,41,46)/t18-,19-,25-,26?,27?,28?,29?/m1/s1. The van der Waals surface area contributed by atoms with Crippen LogP contribution in [-0.4, -0.2) is 41.7 Å². The Morgan fingerprint density at radius 2 is 1.70 bits per heavy atom. The molecular formula is C35H27F4N3O6S2. The van der Waals surface area contributed by atoms with E-state index in [1.54, 1.807) is 18.2 Å². The van der Waals surface area contributed by atoms with Gasteiger partial charge in [0.25, 0.3) is 5.91 Å². The number of hydrogen-bond donors (Lipinski definition) is 2. The van der Waals surface area contributed by atoms with E-state index in [2.05, 4.69) is 10.3 Å². The van der Waals surface area contributed by atoms with Crippen LogP contribution in [0.25, 0.3) is 0 Å². The molecule has 0 spiro atoms. The van der Waals surface area contributed by atoms with Crippen LogP contribution in [0.1, 0.15) is 28.3 Å². The van der Waals surface area contributed by atoms with Crippen LogP contribution in [0.15, 0.2) is 76.6 Å². The average molecular weight is 726 g/mol. The Bertz CT molecular complexity index is 2100. The molecule has 1 saturated heterocycles. The summed E-state index contributed by atoms with van der Waals surface area (Å²) in [6.07, 6.45) is -4.20. The number of carbonyl (C=O) groups excluding carboxylic acids is 3. The number of amides is 3. The number of imide groups is 1. The molecule has 3 aromatic carbocycles. The molecule has 0 radical (unpaired) electrons. The second-order valence-electron chi connectivity index (χ2n) is 12.7. The van der Waals surface area contributed by atoms with Crippen molar-refractivity contribution in [2.45, 2.75) is 28.8 Å². The molecule has 1 aromatic heterocycles. The summed E-state index contributed by atoms with van der Waals surface area (Å²) in [4.78, 5) is 57.3. The Balaban J connectivity index is 1.10. The zero-order chi connectivity index (χ0) is 35.1. The van der Waals surface area contributed by atoms with Crippen molar-refractivity contribution >= 4 is 52.2 Å². The van der Waals surface area contributed by atoms with Crippen molar-refractivity contribution < 1.29 is 41.4 Å². The van der Waals surface area contributed by atoms with Crippen molar-refractivity contribution in [2.24, 2.45) is 29.6 Å². The van der Waals surface area contributed by atoms with Gasteiger partial charge in [-0.25, -0.2) is 9.29 Å². The maximum atomic E-state index is 14.0. The highest BCUT2D eigenvalue weighted by molar-refractivity contribution is 8.00. The van der Waals surface area contributed by atoms with Crippen molar-refractivity contribution in [1.82, 2.24) is 4.98 Å². The van der Waals surface area contributed by atoms with Crippen molar-refractivity contribution in [3.05, 3.63) is 98.2 Å². The zero-order valence-corrected chi connectivity index (χ0v) is 27.7. The number of carbonyl (C=O) groups is 3. The van der Waals surface area contributed by atoms with E-state index < -0.39 is 52.8 Å². The van der Waals surface area contributed by atoms with Gasteiger partial charge in [-0.3, -0.25) is 19.2 Å². The molecule has 4 aliphatic rings. The number of H-pyrrole nitrogens is 1. The Hall–Kier alpha value is -4.63. The fourth-order valence-electron chi connectivity index (χ4n) is 8.41. The fraction of sp³-hybridized carbons (Fsp3) is 0.314. The predicted molar refractivity (Wildman–Crippen MR) is 176 cm³/mol. The van der Waals surface area contributed by atoms with Gasteiger partial charge in [-0.1, -0.05) is 29.5 Å². The maximum Gasteiger partial charge on any atom is 0.418 e. The highest BCUT2D eigenvalue weighted by Crippen LogP contribution is 2.69. The normalized spacial score (nSPS) is 26.4. The molecule has 2 saturated carbocycles. The first-order valence-corrected chi connectivity index (χ1v) is 17.4. The number of rotatable bonds is 7. The first kappa shape index (κ1) is 32.6. The minimum atomic E-state index is -4.76. The van der Waals surface area contributed by atoms with E-state index in [1.807, 2.05) is 0 Å². The molecule has 3 fully saturated rings. The second-order valence-corrected chi connectivity index (χ2v) is 14.9. The van der Waals surface area contributed by atoms with Gasteiger partial charge in [0.05, 0.1) is 35.2 Å². The number of alkyl halides is 3. The van der Waals surface area contributed by atoms with E-state index in [9.17, 15) is 36.7 Å². The lowest BCUT2D eigenvalue weighted by Gasteiger charge is -2.43. The van der Waals surface area contributed by atoms with Crippen LogP contribution in [-0.2, 0) is 20.6 Å². The number of methoxy groups -OCH3 is 1. The average Bonchev–Trinajstić information content (AvgIpc) is 3.83. The van der Waals surface area contributed by atoms with Gasteiger partial charge >= 0.3 is 11.0 Å². The van der Waals surface area contributed by atoms with Gasteiger partial charge in [0.1, 0.15) is 5.82 Å². The Kier molecular flexibility index (Phi) is 7.82. The summed E-state index contributed by atoms with van der Waals surface area (Å²) in [7, 11) is 1.45. The van der Waals surface area contributed by atoms with Crippen LogP contribution in [0, 0.1) is 35.4 Å². The van der Waals surface area contributed by atoms with Crippen LogP contribution in [0.5, 0.6) is 11.5 Å². The number of ether oxygens (including phenoxy) is 2. The van der Waals surface area contributed by atoms with E-state index >= 15 is 0 Å². The SMILES string of the molecule is COc1cc([C@H]2c3sc(=O)[nH]c3SC3C2[C@H]2C[C@@H]3C3C(=O)N(c4ccccc4C(F)(F)F)C(=O)C32)ccc1OCC(=O)Nc1ccc(F)cc1. The lowest BCUT2D eigenvalue weighted by Crippen LogP contribution is -2.42. The summed E-state index contributed by atoms with van der Waals surface area (Å²) in [5.74, 6) is -4.33. The first-order chi connectivity index (χ1) is 23.9. The third-order valence-corrected chi connectivity index (χ3v) is 12.8. The molecule has 3 heterocycles. The highest BCUT2D eigenvalue weighted by atomic mass is 32.2. The van der Waals surface area contributed by atoms with Crippen molar-refractivity contribution in [1.29, 1.82) is 0 Å². The summed E-state index contributed by atoms with van der Waals surface area (Å²) >= 11 is 2.53. The van der Waals surface area contributed by atoms with Gasteiger partial charge in [0.15, 0.2) is 18.1 Å². The number of aromatic amines is 1. The number of hydrogen-bond acceptors (Lipinski definition) is 8. The van der Waals surface area contributed by atoms with E-state index in [0.717, 1.165) is 38.8 Å². The number of thiazole rings is 1. The lowest BCUT2D eigenvalue weighted by atomic mass is 9.68. The third-order valence-electron chi connectivity index (χ3n) is 10.2. The van der Waals surface area contributed by atoms with E-state index in [4.69, 9.17) is 9.47 Å². The van der Waals surface area contributed by atoms with E-state index in [0.29, 0.717) is 22.9 Å². The molecule has 2 aliphatic heterocycles. The molecule has 7 atom stereocenters. The molecule has 15 heteroatoms. The van der Waals surface area contributed by atoms with Crippen LogP contribution >= 0.6 is 23.1 Å². The Labute approximate surface area is 290 Å². The Morgan fingerprint density at radius 1 is 0.980 bits per heavy atom. The number of anilines is 2. The molecule has 2 bridgehead atoms. The number of nitrogens with one attached hydrogen (secondary N) is 2. The van der Waals surface area contributed by atoms with Gasteiger partial charge in [-0.05, 0) is 78.3 Å². The van der Waals surface area contributed by atoms with Gasteiger partial charge in [0, 0.05) is 21.7 Å². The largest absolute Gasteiger partial charge is 0.493 e. The summed E-state index contributed by atoms with van der Waals surface area (Å²) in [5.41, 5.74) is -0.333. The molecule has 3 amide bonds. The summed E-state index contributed by atoms with van der Waals surface area (Å²) in [6, 6.07) is 15.2. The molecule has 4 aromatic rings. The predicted octanol–water partition coefficient (Wildman–Crippen LogP) is 6.30. The fourth-order valence-corrected chi connectivity index (χ4v) is 11.3. The monoisotopic (exact) mass is 725 g/mol. The van der Waals surface area contributed by atoms with Crippen molar-refractivity contribution in [3.8, 4) is 11.5 Å². The highest BCUT2D eigenvalue weighted by Gasteiger charge is 2.70. The van der Waals surface area contributed by atoms with Gasteiger partial charge < -0.3 is 19.8 Å². The molecular weight excluding hydrogens is 699 g/mol. The minimum absolute atomic E-state index is 0.185. The second kappa shape index (κ2) is 12.0. The quantitative estimate of drug-likeness (QED) is 0.170. The Morgan fingerprint density at radius 3 is 2.42 bits per heavy atom. The van der Waals surface area contributed by atoms with Crippen molar-refractivity contribution in [2.75, 3.05) is 23.9 Å². The number of para-hydroxylation sites is 1. The first-order valence-electron chi connectivity index (χ1n) is 15.7. The lowest BCUT2D eigenvalue weighted by molar-refractivity contribution is -0.137. The molecule has 258 valence electrons. The van der Waals surface area contributed by atoms with Crippen molar-refractivity contribution in [3.63, 3.8) is 0 Å². The third kappa shape index (κ3) is 5.20. The molecule has 2 N–H and O–H groups in total. The van der Waals surface area contributed by atoms with Crippen LogP contribution in [0.3, 0.4) is 0 Å². The van der Waals surface area contributed by atoms with E-state index in [-0.39, 0.29) is 46.2 Å². The summed E-state index contributed by atoms with van der Waals surface area (Å²) in [5, 5.41) is 3.11. The number of aromatic nitrogens is 1. The number of benzene rings is 3. The maximum absolute atomic E-state index is 14.0. The van der Waals surface area contributed by atoms with Crippen LogP contribution < -0.4 is 24.6 Å². The zero-order valence-electron chi connectivity index (χ0n) is 26.0. The van der Waals surface area contributed by atoms with Gasteiger partial charge in [0.2, 0.25) is 11.8 Å². The number of thioether (sulfide) groups is 1. The topological polar surface area (TPSA) is 118 Å². The molecule has 9 nitrogen and oxygen atoms in total. The minimum Gasteiger partial charge on any atom is -0.493 e. The number of fused-ring (bicyclic) bond motifs is 9. The van der Waals surface area contributed by atoms with Crippen LogP contribution in [0.2, 0.25) is 0 Å². The molecule has 50 heavy (non-hydrogen) atoms. The molecule has 8 rings (SSSR count). The molecule has 4 unspecified atom stereocenters. The summed E-state index contributed by atoms with van der Waals surface area (Å²) < 4.78 is 66.6. The smallest absolute Gasteiger partial charge is 0.418 e. The number of halogens is 4. The van der Waals surface area contributed by atoms with Gasteiger partial charge in [-0.15, -0.1) is 11.8 Å². The molecule has 2 aliphatic carbocycles. The van der Waals surface area contributed by atoms with Crippen LogP contribution in [0.4, 0.5) is 28.9 Å². The van der Waals surface area contributed by atoms with Gasteiger partial charge in [-0.2, -0.15) is 13.2 Å². The van der Waals surface area contributed by atoms with E-state index in [1.165, 1.54) is 55.3 Å². The number of nitrogens with zero attached hydrogens (tertiary/aromatic N) is 1. The summed E-state index contributed by atoms with van der Waals surface area (Å²) in [6.45, 7) is -0.363.